The van der Waals surface area contributed by atoms with Gasteiger partial charge in [-0.25, -0.2) is 9.97 Å². The predicted molar refractivity (Wildman–Crippen MR) is 78.9 cm³/mol. The predicted octanol–water partition coefficient (Wildman–Crippen LogP) is 1.97. The smallest absolute Gasteiger partial charge is 0.129 e. The van der Waals surface area contributed by atoms with E-state index in [9.17, 15) is 0 Å². The van der Waals surface area contributed by atoms with E-state index in [1.807, 2.05) is 0 Å². The molecule has 1 aromatic heterocycles. The molecule has 1 aromatic rings. The molecule has 1 aliphatic heterocycles. The number of hydrogen-bond donors (Lipinski definition) is 1. The maximum atomic E-state index is 5.43. The van der Waals surface area contributed by atoms with Gasteiger partial charge >= 0.3 is 0 Å². The molecule has 4 nitrogen and oxygen atoms in total. The van der Waals surface area contributed by atoms with E-state index in [1.165, 1.54) is 18.4 Å². The van der Waals surface area contributed by atoms with Crippen molar-refractivity contribution in [1.82, 2.24) is 15.3 Å². The lowest BCUT2D eigenvalue weighted by molar-refractivity contribution is 0.185. The van der Waals surface area contributed by atoms with Crippen LogP contribution in [0.1, 0.15) is 42.0 Å². The molecule has 20 heavy (non-hydrogen) atoms. The van der Waals surface area contributed by atoms with Crippen LogP contribution in [0.15, 0.2) is 0 Å². The van der Waals surface area contributed by atoms with E-state index in [1.54, 1.807) is 0 Å². The van der Waals surface area contributed by atoms with Gasteiger partial charge in [0, 0.05) is 37.1 Å². The second-order valence-corrected chi connectivity index (χ2v) is 6.20. The third kappa shape index (κ3) is 3.55. The Morgan fingerprint density at radius 3 is 2.50 bits per heavy atom. The van der Waals surface area contributed by atoms with Gasteiger partial charge < -0.3 is 10.1 Å². The zero-order valence-corrected chi connectivity index (χ0v) is 12.6. The number of rotatable bonds is 6. The summed E-state index contributed by atoms with van der Waals surface area (Å²) < 4.78 is 5.43. The number of hydrogen-bond acceptors (Lipinski definition) is 4. The van der Waals surface area contributed by atoms with Crippen molar-refractivity contribution < 1.29 is 4.74 Å². The molecule has 0 amide bonds. The van der Waals surface area contributed by atoms with Crippen molar-refractivity contribution in [1.29, 1.82) is 0 Å². The zero-order valence-electron chi connectivity index (χ0n) is 12.6. The molecular formula is C16H25N3O. The van der Waals surface area contributed by atoms with Crippen molar-refractivity contribution in [2.75, 3.05) is 19.8 Å². The fourth-order valence-electron chi connectivity index (χ4n) is 2.95. The van der Waals surface area contributed by atoms with Crippen molar-refractivity contribution in [2.45, 2.75) is 52.0 Å². The van der Waals surface area contributed by atoms with Crippen LogP contribution in [-0.4, -0.2) is 35.8 Å². The highest BCUT2D eigenvalue weighted by atomic mass is 16.5. The Morgan fingerprint density at radius 1 is 1.15 bits per heavy atom. The average Bonchev–Trinajstić information content (AvgIpc) is 3.09. The Morgan fingerprint density at radius 2 is 1.90 bits per heavy atom. The molecule has 110 valence electrons. The standard InChI is InChI=1S/C16H25N3O/c1-11-15(5-7-17-14-3-4-14)12(2)19-16(18-11)9-13-6-8-20-10-13/h13-14,17H,3-10H2,1-2H3. The van der Waals surface area contributed by atoms with Crippen LogP contribution in [0.5, 0.6) is 0 Å². The molecule has 2 fully saturated rings. The lowest BCUT2D eigenvalue weighted by Gasteiger charge is -2.13. The maximum absolute atomic E-state index is 5.43. The maximum Gasteiger partial charge on any atom is 0.129 e. The van der Waals surface area contributed by atoms with Gasteiger partial charge in [0.25, 0.3) is 0 Å². The highest BCUT2D eigenvalue weighted by molar-refractivity contribution is 5.25. The molecule has 1 unspecified atom stereocenters. The highest BCUT2D eigenvalue weighted by Gasteiger charge is 2.21. The van der Waals surface area contributed by atoms with Crippen LogP contribution in [0.4, 0.5) is 0 Å². The fraction of sp³-hybridized carbons (Fsp3) is 0.750. The fourth-order valence-corrected chi connectivity index (χ4v) is 2.95. The Hall–Kier alpha value is -1.00. The van der Waals surface area contributed by atoms with Crippen LogP contribution in [-0.2, 0) is 17.6 Å². The van der Waals surface area contributed by atoms with Crippen LogP contribution < -0.4 is 5.32 Å². The van der Waals surface area contributed by atoms with Crippen molar-refractivity contribution in [3.8, 4) is 0 Å². The third-order valence-electron chi connectivity index (χ3n) is 4.35. The van der Waals surface area contributed by atoms with Gasteiger partial charge in [-0.2, -0.15) is 0 Å². The summed E-state index contributed by atoms with van der Waals surface area (Å²) in [6, 6.07) is 0.776. The van der Waals surface area contributed by atoms with E-state index in [0.29, 0.717) is 5.92 Å². The summed E-state index contributed by atoms with van der Waals surface area (Å²) in [7, 11) is 0. The van der Waals surface area contributed by atoms with Crippen molar-refractivity contribution in [3.05, 3.63) is 22.8 Å². The molecular weight excluding hydrogens is 250 g/mol. The summed E-state index contributed by atoms with van der Waals surface area (Å²) in [6.07, 6.45) is 5.84. The first-order chi connectivity index (χ1) is 9.72. The number of ether oxygens (including phenoxy) is 1. The minimum atomic E-state index is 0.608. The molecule has 1 atom stereocenters. The quantitative estimate of drug-likeness (QED) is 0.862. The van der Waals surface area contributed by atoms with Gasteiger partial charge in [-0.15, -0.1) is 0 Å². The minimum absolute atomic E-state index is 0.608. The summed E-state index contributed by atoms with van der Waals surface area (Å²) in [5, 5.41) is 3.56. The molecule has 3 rings (SSSR count). The van der Waals surface area contributed by atoms with Crippen LogP contribution in [0.3, 0.4) is 0 Å². The molecule has 1 N–H and O–H groups in total. The van der Waals surface area contributed by atoms with Crippen LogP contribution in [0.25, 0.3) is 0 Å². The number of nitrogens with zero attached hydrogens (tertiary/aromatic N) is 2. The van der Waals surface area contributed by atoms with Gasteiger partial charge in [0.2, 0.25) is 0 Å². The first kappa shape index (κ1) is 14.0. The van der Waals surface area contributed by atoms with E-state index < -0.39 is 0 Å². The Kier molecular flexibility index (Phi) is 4.32. The summed E-state index contributed by atoms with van der Waals surface area (Å²) in [6.45, 7) is 7.05. The van der Waals surface area contributed by atoms with Gasteiger partial charge in [0.15, 0.2) is 0 Å². The first-order valence-electron chi connectivity index (χ1n) is 7.86. The topological polar surface area (TPSA) is 47.0 Å². The Labute approximate surface area is 121 Å². The molecule has 0 spiro atoms. The molecule has 1 saturated heterocycles. The zero-order chi connectivity index (χ0) is 13.9. The van der Waals surface area contributed by atoms with E-state index >= 15 is 0 Å². The Balaban J connectivity index is 1.61. The summed E-state index contributed by atoms with van der Waals surface area (Å²) >= 11 is 0. The van der Waals surface area contributed by atoms with Crippen LogP contribution in [0.2, 0.25) is 0 Å². The van der Waals surface area contributed by atoms with Crippen molar-refractivity contribution in [2.24, 2.45) is 5.92 Å². The normalized spacial score (nSPS) is 22.4. The second kappa shape index (κ2) is 6.19. The van der Waals surface area contributed by atoms with E-state index in [2.05, 4.69) is 19.2 Å². The number of nitrogens with one attached hydrogen (secondary N) is 1. The molecule has 0 aromatic carbocycles. The number of aryl methyl sites for hydroxylation is 2. The molecule has 0 bridgehead atoms. The van der Waals surface area contributed by atoms with Crippen molar-refractivity contribution >= 4 is 0 Å². The molecule has 1 aliphatic carbocycles. The monoisotopic (exact) mass is 275 g/mol. The van der Waals surface area contributed by atoms with E-state index in [4.69, 9.17) is 14.7 Å². The van der Waals surface area contributed by atoms with Gasteiger partial charge in [-0.1, -0.05) is 0 Å². The van der Waals surface area contributed by atoms with E-state index in [0.717, 1.165) is 62.3 Å². The largest absolute Gasteiger partial charge is 0.381 e. The summed E-state index contributed by atoms with van der Waals surface area (Å²) in [4.78, 5) is 9.43. The SMILES string of the molecule is Cc1nc(CC2CCOC2)nc(C)c1CCNC1CC1. The molecule has 2 heterocycles. The minimum Gasteiger partial charge on any atom is -0.381 e. The van der Waals surface area contributed by atoms with Gasteiger partial charge in [0.05, 0.1) is 0 Å². The van der Waals surface area contributed by atoms with E-state index in [-0.39, 0.29) is 0 Å². The summed E-state index contributed by atoms with van der Waals surface area (Å²) in [5.74, 6) is 1.60. The van der Waals surface area contributed by atoms with Gasteiger partial charge in [0.1, 0.15) is 5.82 Å². The Bertz CT molecular complexity index is 442. The lowest BCUT2D eigenvalue weighted by atomic mass is 10.0. The lowest BCUT2D eigenvalue weighted by Crippen LogP contribution is -2.21. The van der Waals surface area contributed by atoms with Crippen molar-refractivity contribution in [3.63, 3.8) is 0 Å². The van der Waals surface area contributed by atoms with Gasteiger partial charge in [-0.05, 0) is 57.6 Å². The second-order valence-electron chi connectivity index (χ2n) is 6.20. The highest BCUT2D eigenvalue weighted by Crippen LogP contribution is 2.20. The molecule has 4 heteroatoms. The third-order valence-corrected chi connectivity index (χ3v) is 4.35. The first-order valence-corrected chi connectivity index (χ1v) is 7.86. The average molecular weight is 275 g/mol. The van der Waals surface area contributed by atoms with Gasteiger partial charge in [-0.3, -0.25) is 0 Å². The van der Waals surface area contributed by atoms with Crippen LogP contribution in [0, 0.1) is 19.8 Å². The van der Waals surface area contributed by atoms with Crippen LogP contribution >= 0.6 is 0 Å². The molecule has 0 radical (unpaired) electrons. The molecule has 2 aliphatic rings. The molecule has 1 saturated carbocycles. The summed E-state index contributed by atoms with van der Waals surface area (Å²) in [5.41, 5.74) is 3.64. The number of aromatic nitrogens is 2.